The molecule has 0 bridgehead atoms. The Bertz CT molecular complexity index is 1260. The number of aromatic nitrogens is 3. The number of allylic oxidation sites excluding steroid dienone is 3. The Balaban J connectivity index is 1.36. The van der Waals surface area contributed by atoms with Crippen LogP contribution in [0, 0.1) is 5.92 Å². The minimum Gasteiger partial charge on any atom is -0.385 e. The van der Waals surface area contributed by atoms with Crippen molar-refractivity contribution in [3.63, 3.8) is 0 Å². The monoisotopic (exact) mass is 505 g/mol. The van der Waals surface area contributed by atoms with Gasteiger partial charge in [-0.25, -0.2) is 9.67 Å². The molecule has 2 saturated heterocycles. The summed E-state index contributed by atoms with van der Waals surface area (Å²) in [4.78, 5) is 35.5. The van der Waals surface area contributed by atoms with Crippen LogP contribution in [-0.4, -0.2) is 82.7 Å². The molecule has 0 aliphatic carbocycles. The lowest BCUT2D eigenvalue weighted by Crippen LogP contribution is -2.53. The van der Waals surface area contributed by atoms with E-state index in [2.05, 4.69) is 54.5 Å². The average Bonchev–Trinajstić information content (AvgIpc) is 3.30. The number of nitrogens with zero attached hydrogens (tertiary/aromatic N) is 5. The van der Waals surface area contributed by atoms with Crippen LogP contribution in [0.2, 0.25) is 0 Å². The molecule has 0 spiro atoms. The molecular weight excluding hydrogens is 466 g/mol. The molecule has 0 radical (unpaired) electrons. The Kier molecular flexibility index (Phi) is 7.07. The highest BCUT2D eigenvalue weighted by atomic mass is 16.2. The van der Waals surface area contributed by atoms with E-state index in [4.69, 9.17) is 4.98 Å². The van der Waals surface area contributed by atoms with Gasteiger partial charge in [0.2, 0.25) is 5.91 Å². The molecule has 0 saturated carbocycles. The molecule has 3 aliphatic heterocycles. The number of fused-ring (bicyclic) bond motifs is 1. The van der Waals surface area contributed by atoms with Crippen molar-refractivity contribution in [1.29, 1.82) is 0 Å². The van der Waals surface area contributed by atoms with Crippen LogP contribution in [0.5, 0.6) is 0 Å². The van der Waals surface area contributed by atoms with Crippen LogP contribution in [0.4, 0.5) is 0 Å². The van der Waals surface area contributed by atoms with E-state index < -0.39 is 0 Å². The van der Waals surface area contributed by atoms with Crippen LogP contribution in [0.1, 0.15) is 68.5 Å². The van der Waals surface area contributed by atoms with Crippen molar-refractivity contribution in [2.45, 2.75) is 52.5 Å². The second kappa shape index (κ2) is 10.3. The lowest BCUT2D eigenvalue weighted by atomic mass is 9.90. The maximum absolute atomic E-state index is 13.5. The third kappa shape index (κ3) is 5.14. The zero-order chi connectivity index (χ0) is 26.3. The van der Waals surface area contributed by atoms with Crippen LogP contribution in [0.25, 0.3) is 11.0 Å². The minimum atomic E-state index is -0.106. The number of dihydropyridines is 1. The van der Waals surface area contributed by atoms with E-state index >= 15 is 0 Å². The van der Waals surface area contributed by atoms with Crippen molar-refractivity contribution < 1.29 is 9.59 Å². The molecule has 0 unspecified atom stereocenters. The highest BCUT2D eigenvalue weighted by Crippen LogP contribution is 2.32. The maximum Gasteiger partial charge on any atom is 0.252 e. The van der Waals surface area contributed by atoms with E-state index in [1.165, 1.54) is 11.1 Å². The second-order valence-electron chi connectivity index (χ2n) is 11.2. The van der Waals surface area contributed by atoms with Gasteiger partial charge in [-0.15, -0.1) is 0 Å². The van der Waals surface area contributed by atoms with Crippen LogP contribution in [-0.2, 0) is 4.79 Å². The van der Waals surface area contributed by atoms with Gasteiger partial charge in [-0.3, -0.25) is 9.59 Å². The zero-order valence-corrected chi connectivity index (χ0v) is 22.7. The lowest BCUT2D eigenvalue weighted by Gasteiger charge is -2.40. The standard InChI is InChI=1S/C28H39N7O2/c1-17(2)35-26-24(14-31-35)23(27(36)30-13-21-12-29-19(4)10-18(21)3)11-25(32-26)20-6-8-34(9-7-20)28(37)22-15-33(5)16-22/h10-11,14,17,20,22,29H,6-9,12-13,15-16H2,1-5H3,(H,30,36). The Morgan fingerprint density at radius 2 is 1.92 bits per heavy atom. The van der Waals surface area contributed by atoms with Gasteiger partial charge in [-0.05, 0) is 70.9 Å². The average molecular weight is 506 g/mol. The van der Waals surface area contributed by atoms with Crippen molar-refractivity contribution in [2.24, 2.45) is 5.92 Å². The molecule has 2 fully saturated rings. The normalized spacial score (nSPS) is 19.7. The molecule has 2 N–H and O–H groups in total. The molecule has 5 heterocycles. The van der Waals surface area contributed by atoms with Crippen molar-refractivity contribution >= 4 is 22.8 Å². The van der Waals surface area contributed by atoms with Crippen LogP contribution < -0.4 is 10.6 Å². The quantitative estimate of drug-likeness (QED) is 0.627. The number of hydrogen-bond donors (Lipinski definition) is 2. The molecule has 0 aromatic carbocycles. The summed E-state index contributed by atoms with van der Waals surface area (Å²) in [5.74, 6) is 0.527. The summed E-state index contributed by atoms with van der Waals surface area (Å²) in [5, 5.41) is 11.8. The number of pyridine rings is 1. The Morgan fingerprint density at radius 3 is 2.57 bits per heavy atom. The minimum absolute atomic E-state index is 0.106. The van der Waals surface area contributed by atoms with E-state index in [0.717, 1.165) is 68.0 Å². The first kappa shape index (κ1) is 25.4. The summed E-state index contributed by atoms with van der Waals surface area (Å²) in [6, 6.07) is 2.09. The molecule has 2 aromatic heterocycles. The highest BCUT2D eigenvalue weighted by Gasteiger charge is 2.35. The maximum atomic E-state index is 13.5. The fraction of sp³-hybridized carbons (Fsp3) is 0.571. The Hall–Kier alpha value is -3.20. The zero-order valence-electron chi connectivity index (χ0n) is 22.7. The first-order chi connectivity index (χ1) is 17.7. The smallest absolute Gasteiger partial charge is 0.252 e. The second-order valence-corrected chi connectivity index (χ2v) is 11.2. The number of carbonyl (C=O) groups excluding carboxylic acids is 2. The van der Waals surface area contributed by atoms with E-state index in [0.29, 0.717) is 12.1 Å². The topological polar surface area (TPSA) is 95.4 Å². The number of carbonyl (C=O) groups is 2. The van der Waals surface area contributed by atoms with Gasteiger partial charge in [0, 0.05) is 62.6 Å². The third-order valence-electron chi connectivity index (χ3n) is 7.99. The highest BCUT2D eigenvalue weighted by molar-refractivity contribution is 6.05. The predicted octanol–water partition coefficient (Wildman–Crippen LogP) is 2.83. The molecule has 37 heavy (non-hydrogen) atoms. The summed E-state index contributed by atoms with van der Waals surface area (Å²) in [7, 11) is 2.05. The summed E-state index contributed by atoms with van der Waals surface area (Å²) >= 11 is 0. The van der Waals surface area contributed by atoms with Crippen molar-refractivity contribution in [2.75, 3.05) is 46.3 Å². The SMILES string of the molecule is CC1=CC(C)=C(CNC(=O)c2cc(C3CCN(C(=O)C4CN(C)C4)CC3)nc3c2cnn3C(C)C)CN1. The van der Waals surface area contributed by atoms with Crippen LogP contribution >= 0.6 is 0 Å². The molecule has 9 nitrogen and oxygen atoms in total. The van der Waals surface area contributed by atoms with E-state index in [1.54, 1.807) is 6.20 Å². The number of amides is 2. The number of hydrogen-bond acceptors (Lipinski definition) is 6. The van der Waals surface area contributed by atoms with Gasteiger partial charge in [-0.2, -0.15) is 5.10 Å². The van der Waals surface area contributed by atoms with Gasteiger partial charge in [-0.1, -0.05) is 0 Å². The third-order valence-corrected chi connectivity index (χ3v) is 7.99. The number of rotatable bonds is 6. The van der Waals surface area contributed by atoms with Crippen molar-refractivity contribution in [3.05, 3.63) is 46.4 Å². The predicted molar refractivity (Wildman–Crippen MR) is 144 cm³/mol. The number of piperidine rings is 1. The van der Waals surface area contributed by atoms with Crippen LogP contribution in [0.3, 0.4) is 0 Å². The molecule has 2 aromatic rings. The van der Waals surface area contributed by atoms with E-state index in [9.17, 15) is 9.59 Å². The van der Waals surface area contributed by atoms with Gasteiger partial charge < -0.3 is 20.4 Å². The molecule has 198 valence electrons. The van der Waals surface area contributed by atoms with Gasteiger partial charge in [0.25, 0.3) is 5.91 Å². The number of nitrogens with one attached hydrogen (secondary N) is 2. The molecule has 2 amide bonds. The van der Waals surface area contributed by atoms with Crippen LogP contribution in [0.15, 0.2) is 35.2 Å². The fourth-order valence-corrected chi connectivity index (χ4v) is 5.67. The van der Waals surface area contributed by atoms with E-state index in [1.807, 2.05) is 22.6 Å². The summed E-state index contributed by atoms with van der Waals surface area (Å²) in [6.07, 6.45) is 5.58. The molecule has 9 heteroatoms. The fourth-order valence-electron chi connectivity index (χ4n) is 5.67. The number of likely N-dealkylation sites (tertiary alicyclic amines) is 2. The Morgan fingerprint density at radius 1 is 1.19 bits per heavy atom. The van der Waals surface area contributed by atoms with E-state index in [-0.39, 0.29) is 29.7 Å². The lowest BCUT2D eigenvalue weighted by molar-refractivity contribution is -0.141. The van der Waals surface area contributed by atoms with Gasteiger partial charge in [0.1, 0.15) is 0 Å². The summed E-state index contributed by atoms with van der Waals surface area (Å²) < 4.78 is 1.90. The molecule has 0 atom stereocenters. The largest absolute Gasteiger partial charge is 0.385 e. The molecule has 5 rings (SSSR count). The summed E-state index contributed by atoms with van der Waals surface area (Å²) in [5.41, 5.74) is 5.81. The van der Waals surface area contributed by atoms with Gasteiger partial charge in [0.05, 0.1) is 23.1 Å². The van der Waals surface area contributed by atoms with Crippen molar-refractivity contribution in [1.82, 2.24) is 35.2 Å². The van der Waals surface area contributed by atoms with Crippen molar-refractivity contribution in [3.8, 4) is 0 Å². The first-order valence-electron chi connectivity index (χ1n) is 13.5. The van der Waals surface area contributed by atoms with Gasteiger partial charge in [0.15, 0.2) is 5.65 Å². The Labute approximate surface area is 219 Å². The molecule has 3 aliphatic rings. The summed E-state index contributed by atoms with van der Waals surface area (Å²) in [6.45, 7) is 12.7. The first-order valence-corrected chi connectivity index (χ1v) is 13.5. The molecular formula is C28H39N7O2. The van der Waals surface area contributed by atoms with Gasteiger partial charge >= 0.3 is 0 Å².